The van der Waals surface area contributed by atoms with E-state index >= 15 is 0 Å². The van der Waals surface area contributed by atoms with Gasteiger partial charge in [-0.05, 0) is 49.1 Å². The van der Waals surface area contributed by atoms with Crippen molar-refractivity contribution in [3.05, 3.63) is 85.0 Å². The minimum absolute atomic E-state index is 0.228. The number of rotatable bonds is 3. The molecule has 7 nitrogen and oxygen atoms in total. The quantitative estimate of drug-likeness (QED) is 0.477. The third-order valence-electron chi connectivity index (χ3n) is 6.27. The topological polar surface area (TPSA) is 65.1 Å². The molecule has 0 saturated carbocycles. The second-order valence-corrected chi connectivity index (χ2v) is 8.77. The number of hydrogen-bond acceptors (Lipinski definition) is 4. The van der Waals surface area contributed by atoms with Gasteiger partial charge in [-0.3, -0.25) is 13.9 Å². The summed E-state index contributed by atoms with van der Waals surface area (Å²) in [5.74, 6) is 0.664. The highest BCUT2D eigenvalue weighted by molar-refractivity contribution is 6.30. The Morgan fingerprint density at radius 3 is 2.59 bits per heavy atom. The van der Waals surface area contributed by atoms with Gasteiger partial charge in [0.2, 0.25) is 5.95 Å². The normalized spacial score (nSPS) is 13.6. The highest BCUT2D eigenvalue weighted by atomic mass is 35.5. The summed E-state index contributed by atoms with van der Waals surface area (Å²) < 4.78 is 4.72. The smallest absolute Gasteiger partial charge is 0.312 e. The van der Waals surface area contributed by atoms with Crippen molar-refractivity contribution in [2.45, 2.75) is 33.4 Å². The maximum Gasteiger partial charge on any atom is 0.332 e. The van der Waals surface area contributed by atoms with Gasteiger partial charge in [0.15, 0.2) is 11.2 Å². The summed E-state index contributed by atoms with van der Waals surface area (Å²) in [5, 5.41) is 0.645. The van der Waals surface area contributed by atoms with Crippen LogP contribution in [0.5, 0.6) is 0 Å². The largest absolute Gasteiger partial charge is 0.332 e. The number of aryl methyl sites for hydroxylation is 4. The fourth-order valence-electron chi connectivity index (χ4n) is 4.46. The van der Waals surface area contributed by atoms with Crippen LogP contribution >= 0.6 is 11.6 Å². The van der Waals surface area contributed by atoms with Crippen LogP contribution in [0.25, 0.3) is 11.2 Å². The van der Waals surface area contributed by atoms with Crippen molar-refractivity contribution < 1.29 is 0 Å². The van der Waals surface area contributed by atoms with Crippen LogP contribution in [0, 0.1) is 13.8 Å². The number of benzene rings is 2. The second kappa shape index (κ2) is 7.67. The highest BCUT2D eigenvalue weighted by Gasteiger charge is 2.27. The van der Waals surface area contributed by atoms with Crippen LogP contribution in [0.1, 0.15) is 23.1 Å². The first-order valence-corrected chi connectivity index (χ1v) is 11.0. The SMILES string of the molecule is Cc1ccccc1Cn1c(=O)c2c(nc3n2CCCN3c2cc(Cl)ccc2C)n(C)c1=O. The van der Waals surface area contributed by atoms with Gasteiger partial charge in [-0.1, -0.05) is 41.9 Å². The molecule has 3 heterocycles. The molecular weight excluding hydrogens is 426 g/mol. The molecule has 0 atom stereocenters. The van der Waals surface area contributed by atoms with E-state index in [9.17, 15) is 9.59 Å². The molecule has 1 aliphatic heterocycles. The molecule has 5 rings (SSSR count). The van der Waals surface area contributed by atoms with Crippen molar-refractivity contribution in [3.8, 4) is 0 Å². The van der Waals surface area contributed by atoms with Crippen molar-refractivity contribution in [2.75, 3.05) is 11.4 Å². The molecule has 0 spiro atoms. The van der Waals surface area contributed by atoms with Crippen LogP contribution in [0.2, 0.25) is 5.02 Å². The van der Waals surface area contributed by atoms with E-state index in [-0.39, 0.29) is 17.8 Å². The maximum atomic E-state index is 13.6. The lowest BCUT2D eigenvalue weighted by atomic mass is 10.1. The van der Waals surface area contributed by atoms with Crippen LogP contribution in [0.4, 0.5) is 11.6 Å². The first-order chi connectivity index (χ1) is 15.4. The van der Waals surface area contributed by atoms with E-state index < -0.39 is 0 Å². The van der Waals surface area contributed by atoms with Crippen molar-refractivity contribution in [2.24, 2.45) is 7.05 Å². The van der Waals surface area contributed by atoms with Gasteiger partial charge in [0.25, 0.3) is 5.56 Å². The Bertz CT molecular complexity index is 1480. The monoisotopic (exact) mass is 449 g/mol. The van der Waals surface area contributed by atoms with Gasteiger partial charge >= 0.3 is 5.69 Å². The lowest BCUT2D eigenvalue weighted by molar-refractivity contribution is 0.597. The van der Waals surface area contributed by atoms with E-state index in [0.29, 0.717) is 28.7 Å². The molecule has 2 aromatic carbocycles. The zero-order chi connectivity index (χ0) is 22.6. The highest BCUT2D eigenvalue weighted by Crippen LogP contribution is 2.34. The van der Waals surface area contributed by atoms with Crippen LogP contribution < -0.4 is 16.1 Å². The van der Waals surface area contributed by atoms with Crippen LogP contribution in [0.3, 0.4) is 0 Å². The summed E-state index contributed by atoms with van der Waals surface area (Å²) in [6, 6.07) is 13.5. The van der Waals surface area contributed by atoms with Gasteiger partial charge in [0, 0.05) is 30.8 Å². The second-order valence-electron chi connectivity index (χ2n) is 8.33. The van der Waals surface area contributed by atoms with Gasteiger partial charge in [-0.15, -0.1) is 0 Å². The predicted octanol–water partition coefficient (Wildman–Crippen LogP) is 3.76. The molecule has 0 radical (unpaired) electrons. The fraction of sp³-hybridized carbons (Fsp3) is 0.292. The summed E-state index contributed by atoms with van der Waals surface area (Å²) in [5.41, 5.74) is 4.20. The molecule has 0 N–H and O–H groups in total. The van der Waals surface area contributed by atoms with Gasteiger partial charge in [0.05, 0.1) is 6.54 Å². The Hall–Kier alpha value is -3.32. The molecule has 2 aromatic heterocycles. The van der Waals surface area contributed by atoms with Crippen molar-refractivity contribution >= 4 is 34.4 Å². The summed E-state index contributed by atoms with van der Waals surface area (Å²) >= 11 is 6.27. The zero-order valence-corrected chi connectivity index (χ0v) is 19.1. The Kier molecular flexibility index (Phi) is 4.93. The predicted molar refractivity (Wildman–Crippen MR) is 127 cm³/mol. The summed E-state index contributed by atoms with van der Waals surface area (Å²) in [4.78, 5) is 33.5. The van der Waals surface area contributed by atoms with E-state index in [4.69, 9.17) is 16.6 Å². The number of hydrogen-bond donors (Lipinski definition) is 0. The average Bonchev–Trinajstić information content (AvgIpc) is 3.18. The lowest BCUT2D eigenvalue weighted by Crippen LogP contribution is -2.40. The number of anilines is 2. The third kappa shape index (κ3) is 3.15. The molecule has 8 heteroatoms. The molecule has 32 heavy (non-hydrogen) atoms. The van der Waals surface area contributed by atoms with E-state index in [1.165, 1.54) is 9.13 Å². The average molecular weight is 450 g/mol. The molecule has 1 aliphatic rings. The number of aromatic nitrogens is 4. The van der Waals surface area contributed by atoms with Gasteiger partial charge in [-0.25, -0.2) is 4.79 Å². The lowest BCUT2D eigenvalue weighted by Gasteiger charge is -2.30. The molecule has 0 saturated heterocycles. The minimum Gasteiger partial charge on any atom is -0.312 e. The van der Waals surface area contributed by atoms with E-state index in [2.05, 4.69) is 4.90 Å². The molecular formula is C24H24ClN5O2. The van der Waals surface area contributed by atoms with Crippen molar-refractivity contribution in [1.82, 2.24) is 18.7 Å². The molecule has 0 aliphatic carbocycles. The maximum absolute atomic E-state index is 13.6. The molecule has 0 bridgehead atoms. The number of nitrogens with zero attached hydrogens (tertiary/aromatic N) is 5. The van der Waals surface area contributed by atoms with Crippen molar-refractivity contribution in [1.29, 1.82) is 0 Å². The third-order valence-corrected chi connectivity index (χ3v) is 6.50. The number of imidazole rings is 1. The number of fused-ring (bicyclic) bond motifs is 3. The summed E-state index contributed by atoms with van der Waals surface area (Å²) in [6.45, 7) is 5.66. The van der Waals surface area contributed by atoms with E-state index in [1.54, 1.807) is 7.05 Å². The van der Waals surface area contributed by atoms with Gasteiger partial charge in [-0.2, -0.15) is 4.98 Å². The first-order valence-electron chi connectivity index (χ1n) is 10.6. The van der Waals surface area contributed by atoms with Gasteiger partial charge < -0.3 is 9.47 Å². The molecule has 4 aromatic rings. The fourth-order valence-corrected chi connectivity index (χ4v) is 4.63. The van der Waals surface area contributed by atoms with Crippen LogP contribution in [0.15, 0.2) is 52.1 Å². The molecule has 164 valence electrons. The summed E-state index contributed by atoms with van der Waals surface area (Å²) in [7, 11) is 1.67. The summed E-state index contributed by atoms with van der Waals surface area (Å²) in [6.07, 6.45) is 0.852. The standard InChI is InChI=1S/C24H24ClN5O2/c1-15-7-4-5-8-17(15)14-30-22(31)20-21(27(3)24(30)32)26-23-28(11-6-12-29(20)23)19-13-18(25)10-9-16(19)2/h4-5,7-10,13H,6,11-12,14H2,1-3H3. The van der Waals surface area contributed by atoms with Crippen LogP contribution in [-0.4, -0.2) is 25.2 Å². The Morgan fingerprint density at radius 1 is 1.03 bits per heavy atom. The molecule has 0 fully saturated rings. The first kappa shape index (κ1) is 20.6. The Balaban J connectivity index is 1.73. The van der Waals surface area contributed by atoms with E-state index in [0.717, 1.165) is 35.3 Å². The van der Waals surface area contributed by atoms with E-state index in [1.807, 2.05) is 60.9 Å². The Morgan fingerprint density at radius 2 is 1.81 bits per heavy atom. The molecule has 0 unspecified atom stereocenters. The van der Waals surface area contributed by atoms with Crippen LogP contribution in [-0.2, 0) is 20.1 Å². The zero-order valence-electron chi connectivity index (χ0n) is 18.3. The van der Waals surface area contributed by atoms with Crippen molar-refractivity contribution in [3.63, 3.8) is 0 Å². The minimum atomic E-state index is -0.369. The molecule has 0 amide bonds. The number of halogens is 1. The Labute approximate surface area is 190 Å². The van der Waals surface area contributed by atoms with Gasteiger partial charge in [0.1, 0.15) is 0 Å².